The maximum atomic E-state index is 12.1. The smallest absolute Gasteiger partial charge is 0.407 e. The zero-order valence-corrected chi connectivity index (χ0v) is 15.4. The molecule has 8 heteroatoms. The van der Waals surface area contributed by atoms with Crippen molar-refractivity contribution in [3.63, 3.8) is 0 Å². The fourth-order valence-corrected chi connectivity index (χ4v) is 3.21. The molecule has 1 saturated carbocycles. The number of hydrogen-bond acceptors (Lipinski definition) is 5. The van der Waals surface area contributed by atoms with Crippen molar-refractivity contribution in [2.24, 2.45) is 0 Å². The number of hydrogen-bond donors (Lipinski definition) is 3. The molecule has 0 radical (unpaired) electrons. The number of nitrogens with one attached hydrogen (secondary N) is 3. The minimum atomic E-state index is -0.352. The van der Waals surface area contributed by atoms with Crippen LogP contribution in [0.25, 0.3) is 0 Å². The van der Waals surface area contributed by atoms with Crippen LogP contribution in [-0.2, 0) is 16.0 Å². The third-order valence-electron chi connectivity index (χ3n) is 4.55. The van der Waals surface area contributed by atoms with Gasteiger partial charge in [0.1, 0.15) is 6.10 Å². The third-order valence-corrected chi connectivity index (χ3v) is 4.55. The van der Waals surface area contributed by atoms with Crippen LogP contribution in [0.15, 0.2) is 30.5 Å². The van der Waals surface area contributed by atoms with Gasteiger partial charge < -0.3 is 15.4 Å². The molecular formula is C19H25N5O3. The van der Waals surface area contributed by atoms with E-state index in [4.69, 9.17) is 4.74 Å². The number of anilines is 1. The first kappa shape index (κ1) is 18.9. The van der Waals surface area contributed by atoms with E-state index < -0.39 is 0 Å². The molecule has 2 amide bonds. The van der Waals surface area contributed by atoms with Crippen molar-refractivity contribution < 1.29 is 14.3 Å². The largest absolute Gasteiger partial charge is 0.446 e. The van der Waals surface area contributed by atoms with Gasteiger partial charge in [0.05, 0.1) is 6.42 Å². The molecule has 0 unspecified atom stereocenters. The molecule has 1 aliphatic carbocycles. The van der Waals surface area contributed by atoms with Crippen molar-refractivity contribution in [3.05, 3.63) is 41.9 Å². The Hall–Kier alpha value is -2.90. The average molecular weight is 371 g/mol. The first-order valence-electron chi connectivity index (χ1n) is 9.33. The second kappa shape index (κ2) is 9.16. The molecule has 0 bridgehead atoms. The molecule has 1 fully saturated rings. The lowest BCUT2D eigenvalue weighted by molar-refractivity contribution is -0.115. The monoisotopic (exact) mass is 371 g/mol. The zero-order chi connectivity index (χ0) is 19.1. The standard InChI is InChI=1S/C19H25N5O3/c1-2-8-21-19(26)27-15-7-6-13(10-15)16-12-17(24-23-16)22-18(25)11-14-5-3-4-9-20-14/h3-5,9,12-13,15H,2,6-8,10-11H2,1H3,(H,21,26)(H2,22,23,24,25)/t13-,15+/m1/s1. The van der Waals surface area contributed by atoms with Crippen molar-refractivity contribution in [2.75, 3.05) is 11.9 Å². The quantitative estimate of drug-likeness (QED) is 0.693. The average Bonchev–Trinajstić information content (AvgIpc) is 3.30. The molecule has 2 atom stereocenters. The van der Waals surface area contributed by atoms with E-state index in [0.29, 0.717) is 18.1 Å². The lowest BCUT2D eigenvalue weighted by Crippen LogP contribution is -2.28. The predicted molar refractivity (Wildman–Crippen MR) is 100 cm³/mol. The van der Waals surface area contributed by atoms with Crippen LogP contribution >= 0.6 is 0 Å². The lowest BCUT2D eigenvalue weighted by atomic mass is 10.0. The molecule has 0 spiro atoms. The Morgan fingerprint density at radius 2 is 2.22 bits per heavy atom. The maximum absolute atomic E-state index is 12.1. The number of aromatic amines is 1. The van der Waals surface area contributed by atoms with Crippen LogP contribution in [0.4, 0.5) is 10.6 Å². The van der Waals surface area contributed by atoms with E-state index in [0.717, 1.165) is 31.4 Å². The summed E-state index contributed by atoms with van der Waals surface area (Å²) in [5, 5.41) is 12.7. The Morgan fingerprint density at radius 3 is 3.00 bits per heavy atom. The summed E-state index contributed by atoms with van der Waals surface area (Å²) in [6, 6.07) is 7.32. The number of nitrogens with zero attached hydrogens (tertiary/aromatic N) is 2. The first-order valence-corrected chi connectivity index (χ1v) is 9.33. The van der Waals surface area contributed by atoms with Crippen molar-refractivity contribution in [3.8, 4) is 0 Å². The number of carbonyl (C=O) groups excluding carboxylic acids is 2. The highest BCUT2D eigenvalue weighted by Crippen LogP contribution is 2.35. The van der Waals surface area contributed by atoms with E-state index in [9.17, 15) is 9.59 Å². The van der Waals surface area contributed by atoms with Crippen LogP contribution < -0.4 is 10.6 Å². The Bertz CT molecular complexity index is 762. The van der Waals surface area contributed by atoms with E-state index in [1.807, 2.05) is 31.2 Å². The number of ether oxygens (including phenoxy) is 1. The van der Waals surface area contributed by atoms with Crippen LogP contribution in [0, 0.1) is 0 Å². The maximum Gasteiger partial charge on any atom is 0.407 e. The van der Waals surface area contributed by atoms with Gasteiger partial charge in [-0.05, 0) is 37.8 Å². The van der Waals surface area contributed by atoms with Crippen LogP contribution in [-0.4, -0.2) is 39.8 Å². The molecule has 144 valence electrons. The lowest BCUT2D eigenvalue weighted by Gasteiger charge is -2.12. The van der Waals surface area contributed by atoms with Gasteiger partial charge in [-0.1, -0.05) is 13.0 Å². The molecular weight excluding hydrogens is 346 g/mol. The van der Waals surface area contributed by atoms with Crippen molar-refractivity contribution in [2.45, 2.75) is 51.0 Å². The molecule has 0 saturated heterocycles. The highest BCUT2D eigenvalue weighted by molar-refractivity contribution is 5.91. The van der Waals surface area contributed by atoms with Crippen LogP contribution in [0.1, 0.15) is 49.9 Å². The second-order valence-electron chi connectivity index (χ2n) is 6.72. The summed E-state index contributed by atoms with van der Waals surface area (Å²) in [4.78, 5) is 27.9. The summed E-state index contributed by atoms with van der Waals surface area (Å²) in [5.41, 5.74) is 1.66. The van der Waals surface area contributed by atoms with Gasteiger partial charge in [-0.15, -0.1) is 0 Å². The molecule has 2 heterocycles. The minimum Gasteiger partial charge on any atom is -0.446 e. The van der Waals surface area contributed by atoms with Gasteiger partial charge in [-0.3, -0.25) is 14.9 Å². The zero-order valence-electron chi connectivity index (χ0n) is 15.4. The summed E-state index contributed by atoms with van der Waals surface area (Å²) >= 11 is 0. The van der Waals surface area contributed by atoms with Crippen molar-refractivity contribution >= 4 is 17.8 Å². The Balaban J connectivity index is 1.48. The van der Waals surface area contributed by atoms with E-state index in [2.05, 4.69) is 25.8 Å². The summed E-state index contributed by atoms with van der Waals surface area (Å²) < 4.78 is 5.44. The van der Waals surface area contributed by atoms with Gasteiger partial charge >= 0.3 is 6.09 Å². The number of alkyl carbamates (subject to hydrolysis) is 1. The van der Waals surface area contributed by atoms with E-state index in [1.165, 1.54) is 0 Å². The number of carbonyl (C=O) groups is 2. The van der Waals surface area contributed by atoms with Gasteiger partial charge in [0.25, 0.3) is 0 Å². The van der Waals surface area contributed by atoms with Gasteiger partial charge in [0.15, 0.2) is 5.82 Å². The summed E-state index contributed by atoms with van der Waals surface area (Å²) in [6.45, 7) is 2.62. The molecule has 3 N–H and O–H groups in total. The number of pyridine rings is 1. The normalized spacial score (nSPS) is 18.9. The third kappa shape index (κ3) is 5.54. The molecule has 27 heavy (non-hydrogen) atoms. The van der Waals surface area contributed by atoms with Gasteiger partial charge in [0.2, 0.25) is 5.91 Å². The van der Waals surface area contributed by atoms with Gasteiger partial charge in [-0.2, -0.15) is 5.10 Å². The summed E-state index contributed by atoms with van der Waals surface area (Å²) in [7, 11) is 0. The number of aromatic nitrogens is 3. The van der Waals surface area contributed by atoms with Crippen molar-refractivity contribution in [1.29, 1.82) is 0 Å². The Labute approximate surface area is 158 Å². The highest BCUT2D eigenvalue weighted by atomic mass is 16.6. The molecule has 3 rings (SSSR count). The molecule has 8 nitrogen and oxygen atoms in total. The topological polar surface area (TPSA) is 109 Å². The van der Waals surface area contributed by atoms with Crippen molar-refractivity contribution in [1.82, 2.24) is 20.5 Å². The fraction of sp³-hybridized carbons (Fsp3) is 0.474. The molecule has 2 aromatic heterocycles. The molecule has 1 aliphatic rings. The summed E-state index contributed by atoms with van der Waals surface area (Å²) in [5.74, 6) is 0.575. The van der Waals surface area contributed by atoms with Crippen LogP contribution in [0.5, 0.6) is 0 Å². The van der Waals surface area contributed by atoms with Crippen LogP contribution in [0.3, 0.4) is 0 Å². The van der Waals surface area contributed by atoms with E-state index >= 15 is 0 Å². The Kier molecular flexibility index (Phi) is 6.40. The van der Waals surface area contributed by atoms with E-state index in [-0.39, 0.29) is 30.4 Å². The first-order chi connectivity index (χ1) is 13.1. The SMILES string of the molecule is CCCNC(=O)O[C@H]1CC[C@@H](c2cc(NC(=O)Cc3ccccn3)n[nH]2)C1. The number of H-pyrrole nitrogens is 1. The number of amides is 2. The van der Waals surface area contributed by atoms with Crippen LogP contribution in [0.2, 0.25) is 0 Å². The molecule has 0 aliphatic heterocycles. The highest BCUT2D eigenvalue weighted by Gasteiger charge is 2.29. The van der Waals surface area contributed by atoms with Gasteiger partial charge in [0, 0.05) is 36.1 Å². The predicted octanol–water partition coefficient (Wildman–Crippen LogP) is 2.76. The Morgan fingerprint density at radius 1 is 1.33 bits per heavy atom. The fourth-order valence-electron chi connectivity index (χ4n) is 3.21. The molecule has 0 aromatic carbocycles. The second-order valence-corrected chi connectivity index (χ2v) is 6.72. The van der Waals surface area contributed by atoms with E-state index in [1.54, 1.807) is 6.20 Å². The number of rotatable bonds is 7. The van der Waals surface area contributed by atoms with Gasteiger partial charge in [-0.25, -0.2) is 4.79 Å². The molecule has 2 aromatic rings. The minimum absolute atomic E-state index is 0.0858. The summed E-state index contributed by atoms with van der Waals surface area (Å²) in [6.07, 6.45) is 4.80.